The fraction of sp³-hybridized carbons (Fsp3) is 0.0159. The minimum atomic E-state index is -0.610. The first-order valence-corrected chi connectivity index (χ1v) is 22.4. The molecule has 1 unspecified atom stereocenters. The average Bonchev–Trinajstić information content (AvgIpc) is 3.90. The van der Waals surface area contributed by atoms with E-state index in [2.05, 4.69) is 248 Å². The molecule has 0 aliphatic heterocycles. The van der Waals surface area contributed by atoms with Crippen molar-refractivity contribution in [2.24, 2.45) is 0 Å². The summed E-state index contributed by atoms with van der Waals surface area (Å²) >= 11 is 0. The third-order valence-electron chi connectivity index (χ3n) is 13.7. The van der Waals surface area contributed by atoms with Gasteiger partial charge in [0, 0.05) is 27.8 Å². The predicted molar refractivity (Wildman–Crippen MR) is 272 cm³/mol. The highest BCUT2D eigenvalue weighted by Crippen LogP contribution is 2.58. The van der Waals surface area contributed by atoms with E-state index in [9.17, 15) is 0 Å². The maximum atomic E-state index is 6.40. The monoisotopic (exact) mass is 827 g/mol. The number of nitrogens with zero attached hydrogens (tertiary/aromatic N) is 1. The van der Waals surface area contributed by atoms with Gasteiger partial charge < -0.3 is 9.32 Å². The zero-order valence-electron chi connectivity index (χ0n) is 35.5. The SMILES string of the molecule is c1ccc(C2(c3ccc4oc5ccccc5c4c3)c3ccccc3-c3ccc(N(c4ccc(-c5ccc6ccccc6c5)cc4)c4ccc(-c5ccc6ccccc6c5)cc4)cc32)cc1. The van der Waals surface area contributed by atoms with Crippen LogP contribution in [0.1, 0.15) is 22.3 Å². The van der Waals surface area contributed by atoms with Gasteiger partial charge in [-0.15, -0.1) is 0 Å². The molecule has 2 heteroatoms. The Kier molecular flexibility index (Phi) is 8.47. The van der Waals surface area contributed by atoms with Crippen LogP contribution in [0.4, 0.5) is 17.1 Å². The molecule has 1 aromatic heterocycles. The molecule has 1 atom stereocenters. The van der Waals surface area contributed by atoms with Crippen molar-refractivity contribution in [1.29, 1.82) is 0 Å². The van der Waals surface area contributed by atoms with Gasteiger partial charge in [-0.3, -0.25) is 0 Å². The summed E-state index contributed by atoms with van der Waals surface area (Å²) in [7, 11) is 0. The van der Waals surface area contributed by atoms with Crippen molar-refractivity contribution in [2.45, 2.75) is 5.41 Å². The van der Waals surface area contributed by atoms with Crippen LogP contribution in [0, 0.1) is 0 Å². The maximum Gasteiger partial charge on any atom is 0.135 e. The maximum absolute atomic E-state index is 6.40. The molecular formula is C63H41NO. The van der Waals surface area contributed by atoms with Crippen LogP contribution in [-0.4, -0.2) is 0 Å². The molecule has 0 fully saturated rings. The fourth-order valence-corrected chi connectivity index (χ4v) is 10.6. The van der Waals surface area contributed by atoms with Crippen LogP contribution in [0.2, 0.25) is 0 Å². The lowest BCUT2D eigenvalue weighted by Gasteiger charge is -2.35. The topological polar surface area (TPSA) is 16.4 Å². The second-order valence-corrected chi connectivity index (χ2v) is 17.3. The van der Waals surface area contributed by atoms with Crippen molar-refractivity contribution >= 4 is 60.5 Å². The van der Waals surface area contributed by atoms with Gasteiger partial charge in [0.1, 0.15) is 11.2 Å². The normalized spacial score (nSPS) is 14.2. The second-order valence-electron chi connectivity index (χ2n) is 17.3. The second kappa shape index (κ2) is 14.8. The molecule has 1 aliphatic carbocycles. The highest BCUT2D eigenvalue weighted by atomic mass is 16.3. The van der Waals surface area contributed by atoms with Gasteiger partial charge in [0.05, 0.1) is 5.41 Å². The molecule has 11 aromatic carbocycles. The molecule has 1 aliphatic rings. The van der Waals surface area contributed by atoms with Crippen LogP contribution in [-0.2, 0) is 5.41 Å². The molecule has 13 rings (SSSR count). The summed E-state index contributed by atoms with van der Waals surface area (Å²) in [6, 6.07) is 91.1. The highest BCUT2D eigenvalue weighted by molar-refractivity contribution is 6.05. The summed E-state index contributed by atoms with van der Waals surface area (Å²) in [6.45, 7) is 0. The van der Waals surface area contributed by atoms with E-state index in [1.807, 2.05) is 6.07 Å². The molecule has 0 bridgehead atoms. The van der Waals surface area contributed by atoms with E-state index in [0.717, 1.165) is 39.0 Å². The Balaban J connectivity index is 1.01. The van der Waals surface area contributed by atoms with Gasteiger partial charge >= 0.3 is 0 Å². The lowest BCUT2D eigenvalue weighted by molar-refractivity contribution is 0.668. The predicted octanol–water partition coefficient (Wildman–Crippen LogP) is 17.1. The molecule has 0 N–H and O–H groups in total. The van der Waals surface area contributed by atoms with Crippen molar-refractivity contribution in [3.05, 3.63) is 271 Å². The number of anilines is 3. The molecule has 0 amide bonds. The molecule has 65 heavy (non-hydrogen) atoms. The van der Waals surface area contributed by atoms with E-state index in [-0.39, 0.29) is 0 Å². The average molecular weight is 828 g/mol. The van der Waals surface area contributed by atoms with Crippen molar-refractivity contribution in [3.8, 4) is 33.4 Å². The van der Waals surface area contributed by atoms with E-state index in [1.54, 1.807) is 0 Å². The Morgan fingerprint density at radius 3 is 1.49 bits per heavy atom. The number of hydrogen-bond donors (Lipinski definition) is 0. The van der Waals surface area contributed by atoms with Crippen LogP contribution in [0.3, 0.4) is 0 Å². The Labute approximate surface area is 377 Å². The van der Waals surface area contributed by atoms with Crippen LogP contribution >= 0.6 is 0 Å². The first-order chi connectivity index (χ1) is 32.2. The summed E-state index contributed by atoms with van der Waals surface area (Å²) in [5.41, 5.74) is 16.6. The van der Waals surface area contributed by atoms with Gasteiger partial charge in [-0.2, -0.15) is 0 Å². The van der Waals surface area contributed by atoms with E-state index < -0.39 is 5.41 Å². The van der Waals surface area contributed by atoms with Gasteiger partial charge in [-0.05, 0) is 144 Å². The smallest absolute Gasteiger partial charge is 0.135 e. The van der Waals surface area contributed by atoms with E-state index >= 15 is 0 Å². The third-order valence-corrected chi connectivity index (χ3v) is 13.7. The van der Waals surface area contributed by atoms with Gasteiger partial charge in [-0.25, -0.2) is 0 Å². The summed E-state index contributed by atoms with van der Waals surface area (Å²) < 4.78 is 6.40. The number of para-hydroxylation sites is 1. The molecular weight excluding hydrogens is 787 g/mol. The van der Waals surface area contributed by atoms with Crippen molar-refractivity contribution in [1.82, 2.24) is 0 Å². The van der Waals surface area contributed by atoms with E-state index in [1.165, 1.54) is 77.2 Å². The highest BCUT2D eigenvalue weighted by Gasteiger charge is 2.46. The summed E-state index contributed by atoms with van der Waals surface area (Å²) in [5.74, 6) is 0. The molecule has 0 saturated carbocycles. The Bertz CT molecular complexity index is 3650. The van der Waals surface area contributed by atoms with Crippen LogP contribution in [0.15, 0.2) is 253 Å². The lowest BCUT2D eigenvalue weighted by atomic mass is 9.67. The summed E-state index contributed by atoms with van der Waals surface area (Å²) in [6.07, 6.45) is 0. The number of hydrogen-bond acceptors (Lipinski definition) is 2. The van der Waals surface area contributed by atoms with Crippen LogP contribution < -0.4 is 4.90 Å². The molecule has 304 valence electrons. The molecule has 0 spiro atoms. The first-order valence-electron chi connectivity index (χ1n) is 22.4. The van der Waals surface area contributed by atoms with E-state index in [4.69, 9.17) is 4.42 Å². The molecule has 2 nitrogen and oxygen atoms in total. The van der Waals surface area contributed by atoms with Crippen molar-refractivity contribution < 1.29 is 4.42 Å². The number of rotatable bonds is 7. The van der Waals surface area contributed by atoms with Crippen LogP contribution in [0.5, 0.6) is 0 Å². The van der Waals surface area contributed by atoms with Crippen LogP contribution in [0.25, 0.3) is 76.9 Å². The molecule has 1 heterocycles. The minimum absolute atomic E-state index is 0.610. The summed E-state index contributed by atoms with van der Waals surface area (Å²) in [5, 5.41) is 7.21. The Hall–Kier alpha value is -8.46. The molecule has 0 radical (unpaired) electrons. The van der Waals surface area contributed by atoms with Gasteiger partial charge in [0.25, 0.3) is 0 Å². The van der Waals surface area contributed by atoms with Gasteiger partial charge in [0.2, 0.25) is 0 Å². The largest absolute Gasteiger partial charge is 0.456 e. The minimum Gasteiger partial charge on any atom is -0.456 e. The number of furan rings is 1. The van der Waals surface area contributed by atoms with Crippen molar-refractivity contribution in [3.63, 3.8) is 0 Å². The standard InChI is InChI=1S/C63H41NO/c1-2-16-50(17-3-1)63(51-30-37-62-58(40-51)57-19-9-11-21-61(57)65-62)59-20-10-8-18-55(59)56-36-35-54(41-60(56)63)64(52-31-26-44(27-32-52)48-24-22-42-12-4-6-14-46(42)38-48)53-33-28-45(29-34-53)49-25-23-43-13-5-7-15-47(43)39-49/h1-41H. The molecule has 0 saturated heterocycles. The zero-order chi connectivity index (χ0) is 42.9. The number of benzene rings is 11. The fourth-order valence-electron chi connectivity index (χ4n) is 10.6. The van der Waals surface area contributed by atoms with E-state index in [0.29, 0.717) is 0 Å². The zero-order valence-corrected chi connectivity index (χ0v) is 35.5. The Morgan fingerprint density at radius 1 is 0.292 bits per heavy atom. The number of fused-ring (bicyclic) bond motifs is 8. The van der Waals surface area contributed by atoms with Gasteiger partial charge in [0.15, 0.2) is 0 Å². The lowest BCUT2D eigenvalue weighted by Crippen LogP contribution is -2.28. The quantitative estimate of drug-likeness (QED) is 0.159. The first kappa shape index (κ1) is 37.1. The van der Waals surface area contributed by atoms with Gasteiger partial charge in [-0.1, -0.05) is 182 Å². The summed E-state index contributed by atoms with van der Waals surface area (Å²) in [4.78, 5) is 2.42. The van der Waals surface area contributed by atoms with Crippen molar-refractivity contribution in [2.75, 3.05) is 4.90 Å². The molecule has 12 aromatic rings. The third kappa shape index (κ3) is 5.95. The Morgan fingerprint density at radius 2 is 0.815 bits per heavy atom.